The molecule has 6 nitrogen and oxygen atoms in total. The van der Waals surface area contributed by atoms with Gasteiger partial charge in [0.05, 0.1) is 11.7 Å². The van der Waals surface area contributed by atoms with Gasteiger partial charge in [0.1, 0.15) is 12.4 Å². The molecule has 126 valence electrons. The van der Waals surface area contributed by atoms with Crippen LogP contribution >= 0.6 is 0 Å². The van der Waals surface area contributed by atoms with Gasteiger partial charge < -0.3 is 20.5 Å². The predicted octanol–water partition coefficient (Wildman–Crippen LogP) is 3.01. The Morgan fingerprint density at radius 3 is 2.04 bits per heavy atom. The van der Waals surface area contributed by atoms with E-state index in [-0.39, 0.29) is 12.4 Å². The molecule has 2 aromatic rings. The van der Waals surface area contributed by atoms with Crippen molar-refractivity contribution < 1.29 is 23.8 Å². The van der Waals surface area contributed by atoms with Gasteiger partial charge in [-0.15, -0.1) is 0 Å². The maximum absolute atomic E-state index is 12.8. The summed E-state index contributed by atoms with van der Waals surface area (Å²) >= 11 is 0. The Hall–Kier alpha value is -2.93. The predicted molar refractivity (Wildman–Crippen MR) is 87.4 cm³/mol. The molecule has 3 N–H and O–H groups in total. The number of anilines is 2. The van der Waals surface area contributed by atoms with Crippen LogP contribution in [0.1, 0.15) is 17.3 Å². The topological polar surface area (TPSA) is 87.7 Å². The largest absolute Gasteiger partial charge is 0.459 e. The summed E-state index contributed by atoms with van der Waals surface area (Å²) in [5.74, 6) is -0.947. The highest BCUT2D eigenvalue weighted by molar-refractivity contribution is 6.00. The van der Waals surface area contributed by atoms with Crippen molar-refractivity contribution in [3.63, 3.8) is 0 Å². The highest BCUT2D eigenvalue weighted by Crippen LogP contribution is 2.13. The van der Waals surface area contributed by atoms with E-state index in [0.29, 0.717) is 16.9 Å². The van der Waals surface area contributed by atoms with Crippen molar-refractivity contribution in [3.05, 3.63) is 59.9 Å². The molecule has 0 radical (unpaired) electrons. The van der Waals surface area contributed by atoms with Gasteiger partial charge in [-0.25, -0.2) is 14.0 Å². The Balaban J connectivity index is 1.89. The van der Waals surface area contributed by atoms with Crippen LogP contribution in [0.4, 0.5) is 20.6 Å². The van der Waals surface area contributed by atoms with Crippen molar-refractivity contribution in [2.24, 2.45) is 0 Å². The lowest BCUT2D eigenvalue weighted by atomic mass is 10.2. The van der Waals surface area contributed by atoms with Crippen molar-refractivity contribution in [2.45, 2.75) is 13.0 Å². The summed E-state index contributed by atoms with van der Waals surface area (Å²) < 4.78 is 17.7. The number of aliphatic hydroxyl groups excluding tert-OH is 1. The van der Waals surface area contributed by atoms with E-state index in [2.05, 4.69) is 10.6 Å². The molecular weight excluding hydrogens is 315 g/mol. The van der Waals surface area contributed by atoms with Crippen LogP contribution in [0.25, 0.3) is 0 Å². The molecule has 0 saturated heterocycles. The number of esters is 1. The quantitative estimate of drug-likeness (QED) is 0.735. The fourth-order valence-electron chi connectivity index (χ4n) is 1.80. The highest BCUT2D eigenvalue weighted by atomic mass is 19.1. The van der Waals surface area contributed by atoms with E-state index in [1.165, 1.54) is 43.3 Å². The maximum Gasteiger partial charge on any atom is 0.338 e. The number of halogens is 1. The molecule has 0 aliphatic rings. The molecule has 0 saturated carbocycles. The lowest BCUT2D eigenvalue weighted by Crippen LogP contribution is -2.19. The third kappa shape index (κ3) is 5.36. The summed E-state index contributed by atoms with van der Waals surface area (Å²) in [7, 11) is 0. The molecule has 0 spiro atoms. The zero-order valence-electron chi connectivity index (χ0n) is 13.0. The molecule has 2 rings (SSSR count). The third-order valence-electron chi connectivity index (χ3n) is 2.94. The van der Waals surface area contributed by atoms with Gasteiger partial charge in [-0.1, -0.05) is 0 Å². The third-order valence-corrected chi connectivity index (χ3v) is 2.94. The van der Waals surface area contributed by atoms with E-state index in [1.54, 1.807) is 12.1 Å². The summed E-state index contributed by atoms with van der Waals surface area (Å²) in [5, 5.41) is 14.2. The van der Waals surface area contributed by atoms with Crippen LogP contribution in [-0.2, 0) is 4.74 Å². The molecule has 0 fully saturated rings. The Kier molecular flexibility index (Phi) is 5.86. The first-order valence-corrected chi connectivity index (χ1v) is 7.23. The Morgan fingerprint density at radius 1 is 1.04 bits per heavy atom. The second-order valence-electron chi connectivity index (χ2n) is 5.11. The van der Waals surface area contributed by atoms with Crippen LogP contribution in [0.15, 0.2) is 48.5 Å². The molecule has 0 bridgehead atoms. The molecular formula is C17H17FN2O4. The number of urea groups is 1. The van der Waals surface area contributed by atoms with Crippen molar-refractivity contribution in [2.75, 3.05) is 17.2 Å². The molecule has 2 aromatic carbocycles. The van der Waals surface area contributed by atoms with Gasteiger partial charge in [0, 0.05) is 11.4 Å². The second kappa shape index (κ2) is 8.07. The van der Waals surface area contributed by atoms with Gasteiger partial charge in [0.15, 0.2) is 0 Å². The normalized spacial score (nSPS) is 11.5. The second-order valence-corrected chi connectivity index (χ2v) is 5.11. The van der Waals surface area contributed by atoms with E-state index in [4.69, 9.17) is 9.84 Å². The SMILES string of the molecule is C[C@H](O)COC(=O)c1ccc(NC(=O)Nc2ccc(F)cc2)cc1. The van der Waals surface area contributed by atoms with Crippen molar-refractivity contribution in [3.8, 4) is 0 Å². The van der Waals surface area contributed by atoms with Gasteiger partial charge in [0.25, 0.3) is 0 Å². The molecule has 7 heteroatoms. The van der Waals surface area contributed by atoms with Crippen LogP contribution < -0.4 is 10.6 Å². The van der Waals surface area contributed by atoms with Crippen molar-refractivity contribution >= 4 is 23.4 Å². The summed E-state index contributed by atoms with van der Waals surface area (Å²) in [5.41, 5.74) is 1.23. The summed E-state index contributed by atoms with van der Waals surface area (Å²) in [6, 6.07) is 11.0. The van der Waals surface area contributed by atoms with Crippen molar-refractivity contribution in [1.29, 1.82) is 0 Å². The first-order chi connectivity index (χ1) is 11.4. The number of carbonyl (C=O) groups is 2. The zero-order chi connectivity index (χ0) is 17.5. The van der Waals surface area contributed by atoms with Gasteiger partial charge >= 0.3 is 12.0 Å². The number of benzene rings is 2. The molecule has 0 unspecified atom stereocenters. The number of carbonyl (C=O) groups excluding carboxylic acids is 2. The summed E-state index contributed by atoms with van der Waals surface area (Å²) in [6.45, 7) is 1.43. The smallest absolute Gasteiger partial charge is 0.338 e. The summed E-state index contributed by atoms with van der Waals surface area (Å²) in [6.07, 6.45) is -0.731. The Labute approximate surface area is 138 Å². The highest BCUT2D eigenvalue weighted by Gasteiger charge is 2.09. The molecule has 24 heavy (non-hydrogen) atoms. The molecule has 0 aromatic heterocycles. The zero-order valence-corrected chi connectivity index (χ0v) is 13.0. The number of ether oxygens (including phenoxy) is 1. The lowest BCUT2D eigenvalue weighted by molar-refractivity contribution is 0.0296. The molecule has 0 heterocycles. The maximum atomic E-state index is 12.8. The number of rotatable bonds is 5. The molecule has 0 aliphatic carbocycles. The van der Waals surface area contributed by atoms with E-state index < -0.39 is 18.1 Å². The Morgan fingerprint density at radius 2 is 1.54 bits per heavy atom. The van der Waals surface area contributed by atoms with Gasteiger partial charge in [-0.05, 0) is 55.5 Å². The monoisotopic (exact) mass is 332 g/mol. The van der Waals surface area contributed by atoms with E-state index in [1.807, 2.05) is 0 Å². The first-order valence-electron chi connectivity index (χ1n) is 7.23. The van der Waals surface area contributed by atoms with Crippen LogP contribution in [0.3, 0.4) is 0 Å². The fraction of sp³-hybridized carbons (Fsp3) is 0.176. The lowest BCUT2D eigenvalue weighted by Gasteiger charge is -2.09. The molecule has 0 aliphatic heterocycles. The molecule has 2 amide bonds. The van der Waals surface area contributed by atoms with Gasteiger partial charge in [0.2, 0.25) is 0 Å². The van der Waals surface area contributed by atoms with Crippen LogP contribution in [-0.4, -0.2) is 29.8 Å². The number of nitrogens with one attached hydrogen (secondary N) is 2. The van der Waals surface area contributed by atoms with E-state index in [0.717, 1.165) is 0 Å². The first kappa shape index (κ1) is 17.4. The van der Waals surface area contributed by atoms with Gasteiger partial charge in [-0.2, -0.15) is 0 Å². The minimum absolute atomic E-state index is 0.0844. The fourth-order valence-corrected chi connectivity index (χ4v) is 1.80. The van der Waals surface area contributed by atoms with E-state index >= 15 is 0 Å². The van der Waals surface area contributed by atoms with E-state index in [9.17, 15) is 14.0 Å². The number of hydrogen-bond donors (Lipinski definition) is 3. The van der Waals surface area contributed by atoms with Crippen LogP contribution in [0.5, 0.6) is 0 Å². The number of amides is 2. The average Bonchev–Trinajstić information content (AvgIpc) is 2.55. The van der Waals surface area contributed by atoms with Crippen LogP contribution in [0, 0.1) is 5.82 Å². The van der Waals surface area contributed by atoms with Crippen LogP contribution in [0.2, 0.25) is 0 Å². The standard InChI is InChI=1S/C17H17FN2O4/c1-11(21)10-24-16(22)12-2-6-14(7-3-12)19-17(23)20-15-8-4-13(18)5-9-15/h2-9,11,21H,10H2,1H3,(H2,19,20,23)/t11-/m0/s1. The average molecular weight is 332 g/mol. The minimum atomic E-state index is -0.731. The molecule has 1 atom stereocenters. The van der Waals surface area contributed by atoms with Crippen molar-refractivity contribution in [1.82, 2.24) is 0 Å². The number of hydrogen-bond acceptors (Lipinski definition) is 4. The van der Waals surface area contributed by atoms with Gasteiger partial charge in [-0.3, -0.25) is 0 Å². The summed E-state index contributed by atoms with van der Waals surface area (Å²) in [4.78, 5) is 23.5. The Bertz CT molecular complexity index is 700. The number of aliphatic hydroxyl groups is 1. The minimum Gasteiger partial charge on any atom is -0.459 e.